The molecule has 4 nitrogen and oxygen atoms in total. The van der Waals surface area contributed by atoms with E-state index >= 15 is 0 Å². The standard InChI is InChI=1S/C19H31ClN4.HI/c1-4-15(2)23-19(21-3)22-13-16-9-11-24(12-10-16)14-17-7-5-6-8-18(17)20;/h5-8,15-16H,4,9-14H2,1-3H3,(H2,21,22,23);1H. The van der Waals surface area contributed by atoms with Crippen molar-refractivity contribution in [3.63, 3.8) is 0 Å². The average molecular weight is 479 g/mol. The summed E-state index contributed by atoms with van der Waals surface area (Å²) in [6.45, 7) is 8.58. The van der Waals surface area contributed by atoms with Crippen LogP contribution in [0.2, 0.25) is 5.02 Å². The molecule has 1 aliphatic rings. The number of hydrogen-bond donors (Lipinski definition) is 2. The SMILES string of the molecule is CCC(C)NC(=NC)NCC1CCN(Cc2ccccc2Cl)CC1.I. The van der Waals surface area contributed by atoms with Crippen molar-refractivity contribution in [2.75, 3.05) is 26.7 Å². The molecule has 142 valence electrons. The Kier molecular flexibility index (Phi) is 10.8. The van der Waals surface area contributed by atoms with Gasteiger partial charge in [-0.15, -0.1) is 24.0 Å². The van der Waals surface area contributed by atoms with E-state index in [1.165, 1.54) is 18.4 Å². The Morgan fingerprint density at radius 3 is 2.60 bits per heavy atom. The van der Waals surface area contributed by atoms with Crippen molar-refractivity contribution >= 4 is 41.5 Å². The summed E-state index contributed by atoms with van der Waals surface area (Å²) in [4.78, 5) is 6.81. The molecule has 0 radical (unpaired) electrons. The Balaban J connectivity index is 0.00000312. The fourth-order valence-corrected chi connectivity index (χ4v) is 3.18. The second-order valence-electron chi connectivity index (χ2n) is 6.72. The largest absolute Gasteiger partial charge is 0.356 e. The molecule has 1 atom stereocenters. The van der Waals surface area contributed by atoms with Gasteiger partial charge in [0.1, 0.15) is 0 Å². The third kappa shape index (κ3) is 7.71. The minimum atomic E-state index is 0. The smallest absolute Gasteiger partial charge is 0.191 e. The highest BCUT2D eigenvalue weighted by Crippen LogP contribution is 2.21. The van der Waals surface area contributed by atoms with Crippen LogP contribution in [0.1, 0.15) is 38.7 Å². The molecule has 2 rings (SSSR count). The van der Waals surface area contributed by atoms with E-state index in [1.54, 1.807) is 0 Å². The van der Waals surface area contributed by atoms with Crippen molar-refractivity contribution in [1.29, 1.82) is 0 Å². The van der Waals surface area contributed by atoms with Gasteiger partial charge < -0.3 is 10.6 Å². The van der Waals surface area contributed by atoms with Crippen LogP contribution in [-0.4, -0.2) is 43.6 Å². The topological polar surface area (TPSA) is 39.7 Å². The van der Waals surface area contributed by atoms with Gasteiger partial charge in [0, 0.05) is 31.2 Å². The maximum Gasteiger partial charge on any atom is 0.191 e. The number of rotatable bonds is 6. The molecule has 1 aromatic rings. The summed E-state index contributed by atoms with van der Waals surface area (Å²) in [6.07, 6.45) is 3.54. The molecule has 1 saturated heterocycles. The van der Waals surface area contributed by atoms with Gasteiger partial charge in [-0.3, -0.25) is 9.89 Å². The van der Waals surface area contributed by atoms with Crippen molar-refractivity contribution in [2.24, 2.45) is 10.9 Å². The van der Waals surface area contributed by atoms with Crippen LogP contribution in [0.25, 0.3) is 0 Å². The van der Waals surface area contributed by atoms with Crippen molar-refractivity contribution in [3.05, 3.63) is 34.9 Å². The number of piperidine rings is 1. The first-order valence-corrected chi connectivity index (χ1v) is 9.43. The highest BCUT2D eigenvalue weighted by atomic mass is 127. The summed E-state index contributed by atoms with van der Waals surface area (Å²) >= 11 is 6.27. The van der Waals surface area contributed by atoms with Crippen molar-refractivity contribution in [2.45, 2.75) is 45.7 Å². The minimum Gasteiger partial charge on any atom is -0.356 e. The summed E-state index contributed by atoms with van der Waals surface area (Å²) in [6, 6.07) is 8.61. The third-order valence-electron chi connectivity index (χ3n) is 4.84. The fourth-order valence-electron chi connectivity index (χ4n) is 2.99. The lowest BCUT2D eigenvalue weighted by atomic mass is 9.96. The molecule has 2 N–H and O–H groups in total. The fraction of sp³-hybridized carbons (Fsp3) is 0.632. The molecule has 0 bridgehead atoms. The van der Waals surface area contributed by atoms with E-state index in [-0.39, 0.29) is 24.0 Å². The molecule has 0 aromatic heterocycles. The molecule has 0 saturated carbocycles. The van der Waals surface area contributed by atoms with Gasteiger partial charge in [-0.25, -0.2) is 0 Å². The number of benzene rings is 1. The van der Waals surface area contributed by atoms with Gasteiger partial charge in [0.25, 0.3) is 0 Å². The molecule has 1 heterocycles. The van der Waals surface area contributed by atoms with Gasteiger partial charge in [-0.1, -0.05) is 36.7 Å². The number of nitrogens with one attached hydrogen (secondary N) is 2. The molecule has 1 aliphatic heterocycles. The predicted octanol–water partition coefficient (Wildman–Crippen LogP) is 4.13. The first kappa shape index (κ1) is 22.5. The van der Waals surface area contributed by atoms with Crippen LogP contribution in [-0.2, 0) is 6.54 Å². The van der Waals surface area contributed by atoms with E-state index in [4.69, 9.17) is 11.6 Å². The van der Waals surface area contributed by atoms with Gasteiger partial charge in [0.15, 0.2) is 5.96 Å². The Morgan fingerprint density at radius 1 is 1.32 bits per heavy atom. The summed E-state index contributed by atoms with van der Waals surface area (Å²) in [5, 5.41) is 7.77. The van der Waals surface area contributed by atoms with E-state index in [0.717, 1.165) is 43.6 Å². The van der Waals surface area contributed by atoms with Gasteiger partial charge in [0.05, 0.1) is 0 Å². The number of likely N-dealkylation sites (tertiary alicyclic amines) is 1. The van der Waals surface area contributed by atoms with Gasteiger partial charge in [-0.2, -0.15) is 0 Å². The Bertz CT molecular complexity index is 530. The Hall–Kier alpha value is -0.530. The van der Waals surface area contributed by atoms with Gasteiger partial charge in [0.2, 0.25) is 0 Å². The number of hydrogen-bond acceptors (Lipinski definition) is 2. The lowest BCUT2D eigenvalue weighted by molar-refractivity contribution is 0.178. The molecule has 1 unspecified atom stereocenters. The molecule has 1 aromatic carbocycles. The highest BCUT2D eigenvalue weighted by Gasteiger charge is 2.20. The molecule has 6 heteroatoms. The first-order chi connectivity index (χ1) is 11.6. The second-order valence-corrected chi connectivity index (χ2v) is 7.12. The van der Waals surface area contributed by atoms with Crippen LogP contribution in [0.4, 0.5) is 0 Å². The van der Waals surface area contributed by atoms with E-state index in [0.29, 0.717) is 12.0 Å². The maximum atomic E-state index is 6.27. The monoisotopic (exact) mass is 478 g/mol. The zero-order valence-electron chi connectivity index (χ0n) is 15.6. The van der Waals surface area contributed by atoms with E-state index in [9.17, 15) is 0 Å². The summed E-state index contributed by atoms with van der Waals surface area (Å²) < 4.78 is 0. The summed E-state index contributed by atoms with van der Waals surface area (Å²) in [7, 11) is 1.84. The Labute approximate surface area is 174 Å². The average Bonchev–Trinajstić information content (AvgIpc) is 2.61. The van der Waals surface area contributed by atoms with Crippen molar-refractivity contribution < 1.29 is 0 Å². The van der Waals surface area contributed by atoms with E-state index in [2.05, 4.69) is 46.5 Å². The number of guanidine groups is 1. The van der Waals surface area contributed by atoms with Crippen LogP contribution in [0.15, 0.2) is 29.3 Å². The Morgan fingerprint density at radius 2 is 2.00 bits per heavy atom. The van der Waals surface area contributed by atoms with Crippen LogP contribution >= 0.6 is 35.6 Å². The van der Waals surface area contributed by atoms with Crippen LogP contribution < -0.4 is 10.6 Å². The number of nitrogens with zero attached hydrogens (tertiary/aromatic N) is 2. The van der Waals surface area contributed by atoms with E-state index in [1.807, 2.05) is 19.2 Å². The highest BCUT2D eigenvalue weighted by molar-refractivity contribution is 14.0. The van der Waals surface area contributed by atoms with Crippen LogP contribution in [0.3, 0.4) is 0 Å². The lowest BCUT2D eigenvalue weighted by Crippen LogP contribution is -2.45. The first-order valence-electron chi connectivity index (χ1n) is 9.05. The van der Waals surface area contributed by atoms with Crippen molar-refractivity contribution in [1.82, 2.24) is 15.5 Å². The minimum absolute atomic E-state index is 0. The zero-order valence-corrected chi connectivity index (χ0v) is 18.7. The molecular formula is C19H32ClIN4. The third-order valence-corrected chi connectivity index (χ3v) is 5.20. The molecule has 0 spiro atoms. The summed E-state index contributed by atoms with van der Waals surface area (Å²) in [5.41, 5.74) is 1.23. The molecule has 25 heavy (non-hydrogen) atoms. The predicted molar refractivity (Wildman–Crippen MR) is 119 cm³/mol. The van der Waals surface area contributed by atoms with Crippen LogP contribution in [0.5, 0.6) is 0 Å². The van der Waals surface area contributed by atoms with Crippen LogP contribution in [0, 0.1) is 5.92 Å². The zero-order chi connectivity index (χ0) is 17.4. The van der Waals surface area contributed by atoms with Gasteiger partial charge in [-0.05, 0) is 56.8 Å². The molecule has 0 amide bonds. The lowest BCUT2D eigenvalue weighted by Gasteiger charge is -2.32. The van der Waals surface area contributed by atoms with Gasteiger partial charge >= 0.3 is 0 Å². The molecule has 1 fully saturated rings. The quantitative estimate of drug-likeness (QED) is 0.367. The number of aliphatic imine (C=N–C) groups is 1. The number of halogens is 2. The van der Waals surface area contributed by atoms with Crippen molar-refractivity contribution in [3.8, 4) is 0 Å². The normalized spacial score (nSPS) is 17.7. The second kappa shape index (κ2) is 12.0. The summed E-state index contributed by atoms with van der Waals surface area (Å²) in [5.74, 6) is 1.63. The maximum absolute atomic E-state index is 6.27. The van der Waals surface area contributed by atoms with E-state index < -0.39 is 0 Å². The molecular weight excluding hydrogens is 447 g/mol. The molecule has 0 aliphatic carbocycles.